The first-order chi connectivity index (χ1) is 10.5. The van der Waals surface area contributed by atoms with Crippen molar-refractivity contribution in [2.75, 3.05) is 0 Å². The van der Waals surface area contributed by atoms with Crippen molar-refractivity contribution in [1.82, 2.24) is 0 Å². The minimum absolute atomic E-state index is 0.219. The summed E-state index contributed by atoms with van der Waals surface area (Å²) in [7, 11) is 0. The van der Waals surface area contributed by atoms with Gasteiger partial charge in [0.25, 0.3) is 0 Å². The molecule has 0 heterocycles. The largest absolute Gasteiger partial charge is 0.300 e. The molecule has 3 saturated carbocycles. The Hall–Kier alpha value is -1.18. The molecule has 3 fully saturated rings. The summed E-state index contributed by atoms with van der Waals surface area (Å²) < 4.78 is 0. The molecular weight excluding hydrogens is 272 g/mol. The van der Waals surface area contributed by atoms with Gasteiger partial charge in [0.1, 0.15) is 11.6 Å². The third-order valence-corrected chi connectivity index (χ3v) is 7.20. The van der Waals surface area contributed by atoms with Gasteiger partial charge < -0.3 is 0 Å². The molecule has 118 valence electrons. The fraction of sp³-hybridized carbons (Fsp3) is 0.700. The van der Waals surface area contributed by atoms with Crippen LogP contribution in [0.15, 0.2) is 22.8 Å². The zero-order chi connectivity index (χ0) is 15.5. The molecule has 4 aliphatic rings. The smallest absolute Gasteiger partial charge is 0.137 e. The van der Waals surface area contributed by atoms with Gasteiger partial charge in [-0.1, -0.05) is 18.6 Å². The lowest BCUT2D eigenvalue weighted by atomic mass is 9.56. The lowest BCUT2D eigenvalue weighted by molar-refractivity contribution is -0.125. The third kappa shape index (κ3) is 1.92. The van der Waals surface area contributed by atoms with Crippen molar-refractivity contribution in [2.45, 2.75) is 65.2 Å². The first kappa shape index (κ1) is 14.4. The fourth-order valence-corrected chi connectivity index (χ4v) is 6.13. The van der Waals surface area contributed by atoms with Gasteiger partial charge in [0.15, 0.2) is 0 Å². The molecule has 0 amide bonds. The maximum absolute atomic E-state index is 12.1. The van der Waals surface area contributed by atoms with E-state index in [1.807, 2.05) is 0 Å². The molecule has 0 saturated heterocycles. The van der Waals surface area contributed by atoms with E-state index in [0.29, 0.717) is 29.8 Å². The van der Waals surface area contributed by atoms with Crippen molar-refractivity contribution in [1.29, 1.82) is 0 Å². The van der Waals surface area contributed by atoms with E-state index in [1.54, 1.807) is 12.5 Å². The van der Waals surface area contributed by atoms with Crippen LogP contribution in [0.2, 0.25) is 0 Å². The van der Waals surface area contributed by atoms with E-state index >= 15 is 0 Å². The van der Waals surface area contributed by atoms with E-state index in [1.165, 1.54) is 24.0 Å². The Morgan fingerprint density at radius 2 is 2.05 bits per heavy atom. The van der Waals surface area contributed by atoms with Gasteiger partial charge in [-0.15, -0.1) is 0 Å². The topological polar surface area (TPSA) is 34.1 Å². The van der Waals surface area contributed by atoms with E-state index in [9.17, 15) is 9.59 Å². The molecule has 4 rings (SSSR count). The van der Waals surface area contributed by atoms with Gasteiger partial charge in [-0.25, -0.2) is 0 Å². The highest BCUT2D eigenvalue weighted by atomic mass is 16.1. The molecule has 2 heteroatoms. The molecule has 0 aromatic rings. The van der Waals surface area contributed by atoms with Crippen molar-refractivity contribution < 1.29 is 9.59 Å². The quantitative estimate of drug-likeness (QED) is 0.719. The molecule has 0 N–H and O–H groups in total. The first-order valence-electron chi connectivity index (χ1n) is 8.94. The molecule has 0 aliphatic heterocycles. The summed E-state index contributed by atoms with van der Waals surface area (Å²) >= 11 is 0. The van der Waals surface area contributed by atoms with Gasteiger partial charge in [0, 0.05) is 18.8 Å². The number of Topliss-reactive ketones (excluding diaryl/α,β-unsaturated/α-hetero) is 2. The second kappa shape index (κ2) is 4.91. The van der Waals surface area contributed by atoms with Gasteiger partial charge in [0.2, 0.25) is 0 Å². The second-order valence-electron chi connectivity index (χ2n) is 8.14. The summed E-state index contributed by atoms with van der Waals surface area (Å²) in [6.45, 7) is 4.17. The van der Waals surface area contributed by atoms with Gasteiger partial charge in [-0.2, -0.15) is 0 Å². The van der Waals surface area contributed by atoms with Crippen LogP contribution in [0.25, 0.3) is 0 Å². The van der Waals surface area contributed by atoms with Crippen LogP contribution in [0, 0.1) is 23.2 Å². The van der Waals surface area contributed by atoms with E-state index in [2.05, 4.69) is 13.0 Å². The van der Waals surface area contributed by atoms with Crippen LogP contribution in [0.4, 0.5) is 0 Å². The molecule has 4 aliphatic carbocycles. The molecule has 2 nitrogen and oxygen atoms in total. The number of hydrogen-bond acceptors (Lipinski definition) is 2. The summed E-state index contributed by atoms with van der Waals surface area (Å²) in [6, 6.07) is 0. The average molecular weight is 298 g/mol. The first-order valence-corrected chi connectivity index (χ1v) is 8.94. The van der Waals surface area contributed by atoms with Crippen molar-refractivity contribution in [3.63, 3.8) is 0 Å². The highest BCUT2D eigenvalue weighted by Crippen LogP contribution is 2.61. The molecule has 0 bridgehead atoms. The molecule has 0 spiro atoms. The molecule has 4 atom stereocenters. The monoisotopic (exact) mass is 298 g/mol. The van der Waals surface area contributed by atoms with Crippen LogP contribution in [0.5, 0.6) is 0 Å². The Balaban J connectivity index is 1.68. The third-order valence-electron chi connectivity index (χ3n) is 7.20. The van der Waals surface area contributed by atoms with Crippen LogP contribution in [0.3, 0.4) is 0 Å². The second-order valence-corrected chi connectivity index (χ2v) is 8.14. The number of carbonyl (C=O) groups excluding carboxylic acids is 2. The van der Waals surface area contributed by atoms with Crippen LogP contribution in [0.1, 0.15) is 65.2 Å². The van der Waals surface area contributed by atoms with E-state index in [-0.39, 0.29) is 11.3 Å². The van der Waals surface area contributed by atoms with Gasteiger partial charge in [0.05, 0.1) is 0 Å². The fourth-order valence-electron chi connectivity index (χ4n) is 6.13. The Kier molecular flexibility index (Phi) is 3.22. The van der Waals surface area contributed by atoms with Crippen molar-refractivity contribution in [2.24, 2.45) is 23.2 Å². The van der Waals surface area contributed by atoms with Crippen LogP contribution in [-0.4, -0.2) is 11.6 Å². The Bertz CT molecular complexity index is 609. The summed E-state index contributed by atoms with van der Waals surface area (Å²) in [6.07, 6.45) is 10.5. The number of rotatable bonds is 1. The highest BCUT2D eigenvalue weighted by molar-refractivity contribution is 5.84. The zero-order valence-electron chi connectivity index (χ0n) is 13.8. The standard InChI is InChI=1S/C20H26O2/c1-12(21)18-7-8-19-17-5-3-13-11-14(22)4-6-15(13)16(17)9-10-20(18,19)2/h3,17-19H,4-11H2,1-2H3/t17-,18-,19+,20-/m1/s1. The molecule has 0 aromatic carbocycles. The SMILES string of the molecule is CC(=O)[C@H]1CC[C@H]2[C@@H]3CC=C4CC(=O)CCC4=C3CC[C@]12C. The van der Waals surface area contributed by atoms with Gasteiger partial charge in [-0.3, -0.25) is 9.59 Å². The minimum atomic E-state index is 0.219. The van der Waals surface area contributed by atoms with Crippen LogP contribution >= 0.6 is 0 Å². The lowest BCUT2D eigenvalue weighted by Crippen LogP contribution is -2.41. The van der Waals surface area contributed by atoms with Crippen molar-refractivity contribution in [3.8, 4) is 0 Å². The molecule has 0 unspecified atom stereocenters. The molecule has 0 aromatic heterocycles. The van der Waals surface area contributed by atoms with Crippen molar-refractivity contribution in [3.05, 3.63) is 22.8 Å². The van der Waals surface area contributed by atoms with Gasteiger partial charge >= 0.3 is 0 Å². The molecule has 0 radical (unpaired) electrons. The molecular formula is C20H26O2. The lowest BCUT2D eigenvalue weighted by Gasteiger charge is -2.48. The van der Waals surface area contributed by atoms with Crippen LogP contribution < -0.4 is 0 Å². The van der Waals surface area contributed by atoms with Crippen LogP contribution in [-0.2, 0) is 9.59 Å². The normalized spacial score (nSPS) is 40.7. The number of fused-ring (bicyclic) bond motifs is 4. The average Bonchev–Trinajstić information content (AvgIpc) is 2.84. The van der Waals surface area contributed by atoms with E-state index in [0.717, 1.165) is 32.1 Å². The number of allylic oxidation sites excluding steroid dienone is 4. The van der Waals surface area contributed by atoms with E-state index < -0.39 is 0 Å². The van der Waals surface area contributed by atoms with E-state index in [4.69, 9.17) is 0 Å². The predicted octanol–water partition coefficient (Wildman–Crippen LogP) is 4.40. The summed E-state index contributed by atoms with van der Waals surface area (Å²) in [5, 5.41) is 0. The number of ketones is 2. The number of hydrogen-bond donors (Lipinski definition) is 0. The summed E-state index contributed by atoms with van der Waals surface area (Å²) in [4.78, 5) is 23.8. The zero-order valence-corrected chi connectivity index (χ0v) is 13.8. The minimum Gasteiger partial charge on any atom is -0.300 e. The number of carbonyl (C=O) groups is 2. The summed E-state index contributed by atoms with van der Waals surface area (Å²) in [5.74, 6) is 2.41. The Morgan fingerprint density at radius 1 is 1.23 bits per heavy atom. The Labute approximate surface area is 133 Å². The highest BCUT2D eigenvalue weighted by Gasteiger charge is 2.54. The van der Waals surface area contributed by atoms with Gasteiger partial charge in [-0.05, 0) is 73.8 Å². The predicted molar refractivity (Wildman–Crippen MR) is 86.3 cm³/mol. The maximum Gasteiger partial charge on any atom is 0.137 e. The van der Waals surface area contributed by atoms with Crippen molar-refractivity contribution >= 4 is 11.6 Å². The molecule has 22 heavy (non-hydrogen) atoms. The Morgan fingerprint density at radius 3 is 2.82 bits per heavy atom. The summed E-state index contributed by atoms with van der Waals surface area (Å²) in [5.41, 5.74) is 4.75. The maximum atomic E-state index is 12.1.